The van der Waals surface area contributed by atoms with Crippen LogP contribution in [0.2, 0.25) is 0 Å². The van der Waals surface area contributed by atoms with E-state index in [2.05, 4.69) is 32.7 Å². The second kappa shape index (κ2) is 5.65. The molecule has 0 amide bonds. The molecule has 3 rings (SSSR count). The minimum atomic E-state index is -0.0778. The first kappa shape index (κ1) is 13.7. The fourth-order valence-corrected chi connectivity index (χ4v) is 3.41. The molecule has 0 spiro atoms. The summed E-state index contributed by atoms with van der Waals surface area (Å²) >= 11 is 1.53. The first-order chi connectivity index (χ1) is 9.69. The molecule has 6 heteroatoms. The van der Waals surface area contributed by atoms with Crippen molar-refractivity contribution in [3.8, 4) is 6.07 Å². The normalized spacial score (nSPS) is 21.8. The van der Waals surface area contributed by atoms with E-state index in [4.69, 9.17) is 5.26 Å². The summed E-state index contributed by atoms with van der Waals surface area (Å²) in [5.74, 6) is 1.84. The van der Waals surface area contributed by atoms with Gasteiger partial charge in [0.2, 0.25) is 5.95 Å². The highest BCUT2D eigenvalue weighted by molar-refractivity contribution is 8.00. The lowest BCUT2D eigenvalue weighted by molar-refractivity contribution is 0.429. The second-order valence-electron chi connectivity index (χ2n) is 5.94. The molecule has 1 aromatic heterocycles. The first-order valence-corrected chi connectivity index (χ1v) is 8.33. The van der Waals surface area contributed by atoms with Crippen LogP contribution in [-0.4, -0.2) is 33.1 Å². The number of aromatic nitrogens is 3. The van der Waals surface area contributed by atoms with E-state index < -0.39 is 0 Å². The van der Waals surface area contributed by atoms with E-state index in [0.717, 1.165) is 30.1 Å². The molecule has 1 aliphatic carbocycles. The molecular weight excluding hydrogens is 270 g/mol. The average molecular weight is 291 g/mol. The van der Waals surface area contributed by atoms with Gasteiger partial charge in [0, 0.05) is 19.1 Å². The van der Waals surface area contributed by atoms with Gasteiger partial charge < -0.3 is 4.90 Å². The third kappa shape index (κ3) is 2.78. The molecule has 1 aliphatic heterocycles. The number of piperidine rings is 1. The summed E-state index contributed by atoms with van der Waals surface area (Å²) in [6.45, 7) is 6.38. The monoisotopic (exact) mass is 291 g/mol. The van der Waals surface area contributed by atoms with Crippen LogP contribution in [0, 0.1) is 17.2 Å². The lowest BCUT2D eigenvalue weighted by Gasteiger charge is -2.31. The SMILES string of the molecule is CC1CCN(c2nnc(SC(C)C#N)n2C2CC2)CC1. The van der Waals surface area contributed by atoms with Gasteiger partial charge in [0.25, 0.3) is 0 Å². The number of thioether (sulfide) groups is 1. The van der Waals surface area contributed by atoms with E-state index in [-0.39, 0.29) is 5.25 Å². The van der Waals surface area contributed by atoms with Crippen LogP contribution in [0.4, 0.5) is 5.95 Å². The maximum absolute atomic E-state index is 8.99. The Bertz CT molecular complexity index is 508. The molecule has 108 valence electrons. The maximum atomic E-state index is 8.99. The van der Waals surface area contributed by atoms with Crippen LogP contribution in [-0.2, 0) is 0 Å². The molecule has 2 fully saturated rings. The largest absolute Gasteiger partial charge is 0.341 e. The summed E-state index contributed by atoms with van der Waals surface area (Å²) < 4.78 is 2.27. The Morgan fingerprint density at radius 2 is 1.95 bits per heavy atom. The van der Waals surface area contributed by atoms with E-state index in [1.165, 1.54) is 37.4 Å². The van der Waals surface area contributed by atoms with Crippen molar-refractivity contribution in [3.05, 3.63) is 0 Å². The highest BCUT2D eigenvalue weighted by atomic mass is 32.2. The Hall–Kier alpha value is -1.22. The van der Waals surface area contributed by atoms with E-state index in [9.17, 15) is 0 Å². The van der Waals surface area contributed by atoms with Crippen LogP contribution in [0.3, 0.4) is 0 Å². The number of nitrogens with zero attached hydrogens (tertiary/aromatic N) is 5. The number of hydrogen-bond acceptors (Lipinski definition) is 5. The molecule has 2 heterocycles. The van der Waals surface area contributed by atoms with Gasteiger partial charge in [-0.05, 0) is 38.5 Å². The van der Waals surface area contributed by atoms with Crippen molar-refractivity contribution < 1.29 is 0 Å². The fourth-order valence-electron chi connectivity index (χ4n) is 2.61. The maximum Gasteiger partial charge on any atom is 0.228 e. The predicted molar refractivity (Wildman–Crippen MR) is 79.8 cm³/mol. The van der Waals surface area contributed by atoms with E-state index in [1.54, 1.807) is 0 Å². The summed E-state index contributed by atoms with van der Waals surface area (Å²) in [6.07, 6.45) is 4.89. The zero-order chi connectivity index (χ0) is 14.1. The molecule has 0 radical (unpaired) electrons. The van der Waals surface area contributed by atoms with Crippen LogP contribution in [0.15, 0.2) is 5.16 Å². The Balaban J connectivity index is 1.82. The Morgan fingerprint density at radius 1 is 1.25 bits per heavy atom. The molecule has 1 saturated heterocycles. The van der Waals surface area contributed by atoms with Crippen molar-refractivity contribution >= 4 is 17.7 Å². The van der Waals surface area contributed by atoms with Gasteiger partial charge in [-0.15, -0.1) is 10.2 Å². The standard InChI is InChI=1S/C14H21N5S/c1-10-5-7-18(8-6-10)13-16-17-14(20-11(2)9-15)19(13)12-3-4-12/h10-12H,3-8H2,1-2H3. The van der Waals surface area contributed by atoms with Gasteiger partial charge in [0.05, 0.1) is 11.3 Å². The Labute approximate surface area is 124 Å². The third-order valence-electron chi connectivity index (χ3n) is 4.09. The molecule has 5 nitrogen and oxygen atoms in total. The van der Waals surface area contributed by atoms with Crippen molar-refractivity contribution in [2.75, 3.05) is 18.0 Å². The molecule has 0 bridgehead atoms. The summed E-state index contributed by atoms with van der Waals surface area (Å²) in [5.41, 5.74) is 0. The lowest BCUT2D eigenvalue weighted by Crippen LogP contribution is -2.34. The predicted octanol–water partition coefficient (Wildman–Crippen LogP) is 2.85. The molecule has 1 aromatic rings. The van der Waals surface area contributed by atoms with Crippen LogP contribution in [0.5, 0.6) is 0 Å². The first-order valence-electron chi connectivity index (χ1n) is 7.45. The number of nitriles is 1. The Kier molecular flexibility index (Phi) is 3.88. The quantitative estimate of drug-likeness (QED) is 0.798. The second-order valence-corrected chi connectivity index (χ2v) is 7.25. The molecule has 1 saturated carbocycles. The summed E-state index contributed by atoms with van der Waals surface area (Å²) in [6, 6.07) is 2.81. The molecule has 0 aromatic carbocycles. The van der Waals surface area contributed by atoms with E-state index >= 15 is 0 Å². The summed E-state index contributed by atoms with van der Waals surface area (Å²) in [4.78, 5) is 2.37. The minimum absolute atomic E-state index is 0.0778. The zero-order valence-corrected chi connectivity index (χ0v) is 12.9. The van der Waals surface area contributed by atoms with Crippen LogP contribution in [0.25, 0.3) is 0 Å². The van der Waals surface area contributed by atoms with Crippen LogP contribution < -0.4 is 4.90 Å². The third-order valence-corrected chi connectivity index (χ3v) is 5.04. The molecule has 2 aliphatic rings. The summed E-state index contributed by atoms with van der Waals surface area (Å²) in [5, 5.41) is 18.6. The Morgan fingerprint density at radius 3 is 2.55 bits per heavy atom. The molecule has 1 atom stereocenters. The number of anilines is 1. The molecular formula is C14H21N5S. The van der Waals surface area contributed by atoms with Crippen LogP contribution >= 0.6 is 11.8 Å². The van der Waals surface area contributed by atoms with E-state index in [0.29, 0.717) is 6.04 Å². The van der Waals surface area contributed by atoms with Crippen molar-refractivity contribution in [3.63, 3.8) is 0 Å². The van der Waals surface area contributed by atoms with Crippen LogP contribution in [0.1, 0.15) is 45.6 Å². The lowest BCUT2D eigenvalue weighted by atomic mass is 10.00. The number of rotatable bonds is 4. The summed E-state index contributed by atoms with van der Waals surface area (Å²) in [7, 11) is 0. The molecule has 1 unspecified atom stereocenters. The van der Waals surface area contributed by atoms with Crippen molar-refractivity contribution in [1.82, 2.24) is 14.8 Å². The van der Waals surface area contributed by atoms with Gasteiger partial charge in [-0.2, -0.15) is 5.26 Å². The van der Waals surface area contributed by atoms with Crippen molar-refractivity contribution in [2.45, 2.75) is 56.0 Å². The molecule has 0 N–H and O–H groups in total. The average Bonchev–Trinajstić information content (AvgIpc) is 3.21. The fraction of sp³-hybridized carbons (Fsp3) is 0.786. The highest BCUT2D eigenvalue weighted by Gasteiger charge is 2.32. The van der Waals surface area contributed by atoms with Gasteiger partial charge in [0.1, 0.15) is 0 Å². The van der Waals surface area contributed by atoms with Gasteiger partial charge in [0.15, 0.2) is 5.16 Å². The topological polar surface area (TPSA) is 57.7 Å². The van der Waals surface area contributed by atoms with E-state index in [1.807, 2.05) is 6.92 Å². The molecule has 20 heavy (non-hydrogen) atoms. The van der Waals surface area contributed by atoms with Crippen molar-refractivity contribution in [2.24, 2.45) is 5.92 Å². The van der Waals surface area contributed by atoms with Gasteiger partial charge >= 0.3 is 0 Å². The highest BCUT2D eigenvalue weighted by Crippen LogP contribution is 2.42. The van der Waals surface area contributed by atoms with Crippen molar-refractivity contribution in [1.29, 1.82) is 5.26 Å². The smallest absolute Gasteiger partial charge is 0.228 e. The van der Waals surface area contributed by atoms with Gasteiger partial charge in [-0.25, -0.2) is 0 Å². The minimum Gasteiger partial charge on any atom is -0.341 e. The van der Waals surface area contributed by atoms with Gasteiger partial charge in [-0.3, -0.25) is 4.57 Å². The van der Waals surface area contributed by atoms with Gasteiger partial charge in [-0.1, -0.05) is 18.7 Å². The zero-order valence-electron chi connectivity index (χ0n) is 12.1. The number of hydrogen-bond donors (Lipinski definition) is 0.